The van der Waals surface area contributed by atoms with Crippen molar-refractivity contribution in [3.63, 3.8) is 0 Å². The van der Waals surface area contributed by atoms with Crippen molar-refractivity contribution >= 4 is 11.5 Å². The quantitative estimate of drug-likeness (QED) is 0.595. The molecule has 0 saturated heterocycles. The third kappa shape index (κ3) is 5.48. The van der Waals surface area contributed by atoms with E-state index in [4.69, 9.17) is 9.47 Å². The molecule has 1 N–H and O–H groups in total. The Bertz CT molecular complexity index is 923. The monoisotopic (exact) mass is 387 g/mol. The van der Waals surface area contributed by atoms with Crippen LogP contribution >= 0.6 is 0 Å². The van der Waals surface area contributed by atoms with Gasteiger partial charge in [0.1, 0.15) is 11.5 Å². The highest BCUT2D eigenvalue weighted by molar-refractivity contribution is 5.99. The van der Waals surface area contributed by atoms with Crippen LogP contribution in [0.15, 0.2) is 78.9 Å². The minimum Gasteiger partial charge on any atom is -0.497 e. The van der Waals surface area contributed by atoms with Gasteiger partial charge in [-0.25, -0.2) is 0 Å². The predicted octanol–water partition coefficient (Wildman–Crippen LogP) is 4.76. The molecule has 0 spiro atoms. The second-order valence-corrected chi connectivity index (χ2v) is 6.72. The van der Waals surface area contributed by atoms with E-state index in [1.165, 1.54) is 5.56 Å². The minimum atomic E-state index is -0.146. The van der Waals surface area contributed by atoms with Crippen LogP contribution in [0.25, 0.3) is 5.57 Å². The molecule has 0 fully saturated rings. The van der Waals surface area contributed by atoms with Crippen LogP contribution in [0, 0.1) is 6.92 Å². The average Bonchev–Trinajstić information content (AvgIpc) is 2.77. The maximum Gasteiger partial charge on any atom is 0.244 e. The van der Waals surface area contributed by atoms with E-state index in [0.717, 1.165) is 33.8 Å². The average molecular weight is 387 g/mol. The van der Waals surface area contributed by atoms with Gasteiger partial charge in [-0.05, 0) is 53.5 Å². The highest BCUT2D eigenvalue weighted by Crippen LogP contribution is 2.27. The van der Waals surface area contributed by atoms with Gasteiger partial charge in [0, 0.05) is 12.6 Å². The molecule has 4 nitrogen and oxygen atoms in total. The molecular weight excluding hydrogens is 362 g/mol. The number of methoxy groups -OCH3 is 2. The molecule has 0 aliphatic heterocycles. The van der Waals surface area contributed by atoms with Gasteiger partial charge in [-0.3, -0.25) is 4.79 Å². The van der Waals surface area contributed by atoms with E-state index >= 15 is 0 Å². The van der Waals surface area contributed by atoms with Crippen molar-refractivity contribution in [2.24, 2.45) is 0 Å². The Morgan fingerprint density at radius 1 is 0.793 bits per heavy atom. The number of benzene rings is 3. The first kappa shape index (κ1) is 20.2. The molecule has 0 bridgehead atoms. The van der Waals surface area contributed by atoms with Crippen molar-refractivity contribution in [1.82, 2.24) is 5.32 Å². The van der Waals surface area contributed by atoms with Crippen molar-refractivity contribution in [2.45, 2.75) is 13.5 Å². The Labute approximate surface area is 171 Å². The van der Waals surface area contributed by atoms with Crippen molar-refractivity contribution in [3.05, 3.63) is 101 Å². The minimum absolute atomic E-state index is 0.146. The molecule has 148 valence electrons. The molecule has 0 atom stereocenters. The lowest BCUT2D eigenvalue weighted by Crippen LogP contribution is -2.20. The van der Waals surface area contributed by atoms with Gasteiger partial charge in [-0.15, -0.1) is 0 Å². The largest absolute Gasteiger partial charge is 0.497 e. The number of hydrogen-bond acceptors (Lipinski definition) is 3. The van der Waals surface area contributed by atoms with Gasteiger partial charge in [0.05, 0.1) is 14.2 Å². The first-order valence-electron chi connectivity index (χ1n) is 9.43. The van der Waals surface area contributed by atoms with Crippen LogP contribution in [0.3, 0.4) is 0 Å². The van der Waals surface area contributed by atoms with E-state index in [9.17, 15) is 4.79 Å². The molecule has 3 aromatic carbocycles. The number of carbonyl (C=O) groups excluding carboxylic acids is 1. The summed E-state index contributed by atoms with van der Waals surface area (Å²) >= 11 is 0. The molecule has 0 radical (unpaired) electrons. The lowest BCUT2D eigenvalue weighted by molar-refractivity contribution is -0.116. The van der Waals surface area contributed by atoms with E-state index < -0.39 is 0 Å². The summed E-state index contributed by atoms with van der Waals surface area (Å²) in [6.07, 6.45) is 1.64. The van der Waals surface area contributed by atoms with Crippen molar-refractivity contribution in [3.8, 4) is 11.5 Å². The lowest BCUT2D eigenvalue weighted by atomic mass is 9.97. The molecule has 0 saturated carbocycles. The first-order valence-corrected chi connectivity index (χ1v) is 9.43. The Hall–Kier alpha value is -3.53. The molecule has 0 aliphatic carbocycles. The number of ether oxygens (including phenoxy) is 2. The number of rotatable bonds is 7. The zero-order chi connectivity index (χ0) is 20.6. The summed E-state index contributed by atoms with van der Waals surface area (Å²) in [4.78, 5) is 12.6. The third-order valence-corrected chi connectivity index (χ3v) is 4.66. The van der Waals surface area contributed by atoms with E-state index in [0.29, 0.717) is 6.54 Å². The summed E-state index contributed by atoms with van der Waals surface area (Å²) in [5.41, 5.74) is 4.95. The van der Waals surface area contributed by atoms with Gasteiger partial charge in [-0.2, -0.15) is 0 Å². The second-order valence-electron chi connectivity index (χ2n) is 6.72. The molecule has 0 heterocycles. The molecule has 3 rings (SSSR count). The summed E-state index contributed by atoms with van der Waals surface area (Å²) in [6.45, 7) is 2.52. The van der Waals surface area contributed by atoms with Crippen molar-refractivity contribution in [1.29, 1.82) is 0 Å². The standard InChI is InChI=1S/C25H25NO3/c1-18-4-6-19(7-5-18)17-26-25(27)16-24(20-8-12-22(28-2)13-9-20)21-10-14-23(29-3)15-11-21/h4-16H,17H2,1-3H3,(H,26,27). The fraction of sp³-hybridized carbons (Fsp3) is 0.160. The van der Waals surface area contributed by atoms with Gasteiger partial charge < -0.3 is 14.8 Å². The zero-order valence-corrected chi connectivity index (χ0v) is 16.9. The van der Waals surface area contributed by atoms with E-state index in [1.54, 1.807) is 20.3 Å². The van der Waals surface area contributed by atoms with E-state index in [2.05, 4.69) is 5.32 Å². The molecule has 0 aromatic heterocycles. The van der Waals surface area contributed by atoms with Crippen LogP contribution in [0.1, 0.15) is 22.3 Å². The maximum absolute atomic E-state index is 12.6. The van der Waals surface area contributed by atoms with Gasteiger partial charge in [-0.1, -0.05) is 54.1 Å². The molecule has 29 heavy (non-hydrogen) atoms. The normalized spacial score (nSPS) is 10.2. The van der Waals surface area contributed by atoms with Crippen molar-refractivity contribution in [2.75, 3.05) is 14.2 Å². The topological polar surface area (TPSA) is 47.6 Å². The van der Waals surface area contributed by atoms with Crippen LogP contribution < -0.4 is 14.8 Å². The molecule has 3 aromatic rings. The van der Waals surface area contributed by atoms with Gasteiger partial charge in [0.2, 0.25) is 5.91 Å². The Kier molecular flexibility index (Phi) is 6.69. The Morgan fingerprint density at radius 2 is 1.28 bits per heavy atom. The number of amides is 1. The van der Waals surface area contributed by atoms with Gasteiger partial charge >= 0.3 is 0 Å². The zero-order valence-electron chi connectivity index (χ0n) is 16.9. The van der Waals surface area contributed by atoms with Crippen LogP contribution in [0.4, 0.5) is 0 Å². The predicted molar refractivity (Wildman–Crippen MR) is 116 cm³/mol. The second kappa shape index (κ2) is 9.60. The number of aryl methyl sites for hydroxylation is 1. The summed E-state index contributed by atoms with van der Waals surface area (Å²) in [5, 5.41) is 2.97. The van der Waals surface area contributed by atoms with Gasteiger partial charge in [0.15, 0.2) is 0 Å². The summed E-state index contributed by atoms with van der Waals surface area (Å²) in [7, 11) is 3.27. The highest BCUT2D eigenvalue weighted by atomic mass is 16.5. The highest BCUT2D eigenvalue weighted by Gasteiger charge is 2.09. The molecule has 0 unspecified atom stereocenters. The van der Waals surface area contributed by atoms with Gasteiger partial charge in [0.25, 0.3) is 0 Å². The fourth-order valence-electron chi connectivity index (χ4n) is 2.95. The summed E-state index contributed by atoms with van der Waals surface area (Å²) in [5.74, 6) is 1.39. The Morgan fingerprint density at radius 3 is 1.72 bits per heavy atom. The number of nitrogens with one attached hydrogen (secondary N) is 1. The first-order chi connectivity index (χ1) is 14.1. The smallest absolute Gasteiger partial charge is 0.244 e. The summed E-state index contributed by atoms with van der Waals surface area (Å²) < 4.78 is 10.5. The Balaban J connectivity index is 1.85. The van der Waals surface area contributed by atoms with E-state index in [-0.39, 0.29) is 5.91 Å². The molecular formula is C25H25NO3. The van der Waals surface area contributed by atoms with Crippen molar-refractivity contribution < 1.29 is 14.3 Å². The number of carbonyl (C=O) groups is 1. The number of hydrogen-bond donors (Lipinski definition) is 1. The summed E-state index contributed by atoms with van der Waals surface area (Å²) in [6, 6.07) is 23.4. The van der Waals surface area contributed by atoms with E-state index in [1.807, 2.05) is 79.7 Å². The molecule has 4 heteroatoms. The third-order valence-electron chi connectivity index (χ3n) is 4.66. The SMILES string of the molecule is COc1ccc(C(=CC(=O)NCc2ccc(C)cc2)c2ccc(OC)cc2)cc1. The molecule has 0 aliphatic rings. The fourth-order valence-corrected chi connectivity index (χ4v) is 2.95. The maximum atomic E-state index is 12.6. The van der Waals surface area contributed by atoms with Crippen LogP contribution in [0.2, 0.25) is 0 Å². The van der Waals surface area contributed by atoms with Crippen LogP contribution in [-0.2, 0) is 11.3 Å². The lowest BCUT2D eigenvalue weighted by Gasteiger charge is -2.11. The molecule has 1 amide bonds. The van der Waals surface area contributed by atoms with Crippen LogP contribution in [-0.4, -0.2) is 20.1 Å². The van der Waals surface area contributed by atoms with Crippen LogP contribution in [0.5, 0.6) is 11.5 Å².